The molecule has 0 N–H and O–H groups in total. The molecule has 0 bridgehead atoms. The Morgan fingerprint density at radius 1 is 0.576 bits per heavy atom. The Balaban J connectivity index is 1.44. The highest BCUT2D eigenvalue weighted by Crippen LogP contribution is 2.25. The fraction of sp³-hybridized carbons (Fsp3) is 0.214. The van der Waals surface area contributed by atoms with Gasteiger partial charge in [-0.1, -0.05) is 54.6 Å². The first kappa shape index (κ1) is 23.0. The van der Waals surface area contributed by atoms with Gasteiger partial charge in [-0.15, -0.1) is 0 Å². The van der Waals surface area contributed by atoms with Gasteiger partial charge in [0.2, 0.25) is 0 Å². The van der Waals surface area contributed by atoms with E-state index in [1.807, 2.05) is 18.2 Å². The summed E-state index contributed by atoms with van der Waals surface area (Å²) in [6.07, 6.45) is 2.18. The Hall–Kier alpha value is -3.18. The molecule has 0 unspecified atom stereocenters. The molecule has 1 nitrogen and oxygen atoms in total. The number of rotatable bonds is 8. The summed E-state index contributed by atoms with van der Waals surface area (Å²) >= 11 is 0. The van der Waals surface area contributed by atoms with Crippen LogP contribution >= 0.6 is 0 Å². The molecular weight excluding hydrogens is 428 g/mol. The fourth-order valence-corrected chi connectivity index (χ4v) is 4.02. The van der Waals surface area contributed by atoms with Crippen LogP contribution in [0.15, 0.2) is 66.7 Å². The molecule has 0 aromatic heterocycles. The highest BCUT2D eigenvalue weighted by molar-refractivity contribution is 5.84. The van der Waals surface area contributed by atoms with E-state index in [0.29, 0.717) is 17.6 Å². The van der Waals surface area contributed by atoms with Gasteiger partial charge in [0.15, 0.2) is 17.5 Å². The summed E-state index contributed by atoms with van der Waals surface area (Å²) in [5.41, 5.74) is 4.22. The molecule has 0 heterocycles. The molecule has 4 rings (SSSR count). The van der Waals surface area contributed by atoms with Crippen molar-refractivity contribution in [2.45, 2.75) is 32.3 Å². The Morgan fingerprint density at radius 2 is 1.18 bits per heavy atom. The van der Waals surface area contributed by atoms with Gasteiger partial charge in [-0.25, -0.2) is 17.6 Å². The van der Waals surface area contributed by atoms with Crippen molar-refractivity contribution >= 4 is 10.8 Å². The van der Waals surface area contributed by atoms with Crippen molar-refractivity contribution in [3.8, 4) is 0 Å². The molecule has 0 radical (unpaired) electrons. The zero-order valence-corrected chi connectivity index (χ0v) is 18.3. The molecule has 0 aliphatic carbocycles. The van der Waals surface area contributed by atoms with E-state index >= 15 is 4.39 Å². The average Bonchev–Trinajstić information content (AvgIpc) is 2.82. The van der Waals surface area contributed by atoms with Gasteiger partial charge in [-0.3, -0.25) is 0 Å². The first-order valence-corrected chi connectivity index (χ1v) is 10.8. The van der Waals surface area contributed by atoms with E-state index in [-0.39, 0.29) is 24.2 Å². The van der Waals surface area contributed by atoms with Gasteiger partial charge in [-0.2, -0.15) is 0 Å². The molecule has 0 saturated heterocycles. The largest absolute Gasteiger partial charge is 0.380 e. The van der Waals surface area contributed by atoms with Gasteiger partial charge in [0.05, 0.1) is 6.61 Å². The van der Waals surface area contributed by atoms with Crippen LogP contribution in [0.4, 0.5) is 17.6 Å². The van der Waals surface area contributed by atoms with E-state index in [4.69, 9.17) is 4.74 Å². The van der Waals surface area contributed by atoms with Crippen LogP contribution in [0.1, 0.15) is 27.8 Å². The van der Waals surface area contributed by atoms with Gasteiger partial charge in [0.25, 0.3) is 0 Å². The number of aryl methyl sites for hydroxylation is 4. The third kappa shape index (κ3) is 5.42. The zero-order valence-electron chi connectivity index (χ0n) is 18.3. The second-order valence-corrected chi connectivity index (χ2v) is 8.22. The molecule has 0 saturated carbocycles. The molecule has 170 valence electrons. The van der Waals surface area contributed by atoms with Crippen LogP contribution < -0.4 is 0 Å². The van der Waals surface area contributed by atoms with E-state index in [1.165, 1.54) is 5.56 Å². The van der Waals surface area contributed by atoms with E-state index in [0.717, 1.165) is 41.5 Å². The summed E-state index contributed by atoms with van der Waals surface area (Å²) in [4.78, 5) is 0. The molecule has 0 amide bonds. The lowest BCUT2D eigenvalue weighted by Gasteiger charge is -2.10. The Bertz CT molecular complexity index is 1240. The van der Waals surface area contributed by atoms with E-state index in [9.17, 15) is 13.2 Å². The Kier molecular flexibility index (Phi) is 7.09. The van der Waals surface area contributed by atoms with Crippen molar-refractivity contribution in [3.05, 3.63) is 118 Å². The van der Waals surface area contributed by atoms with Gasteiger partial charge in [-0.05, 0) is 71.0 Å². The third-order valence-electron chi connectivity index (χ3n) is 5.86. The van der Waals surface area contributed by atoms with Crippen molar-refractivity contribution in [2.24, 2.45) is 0 Å². The topological polar surface area (TPSA) is 9.23 Å². The fourth-order valence-electron chi connectivity index (χ4n) is 4.02. The highest BCUT2D eigenvalue weighted by atomic mass is 19.2. The number of benzene rings is 4. The van der Waals surface area contributed by atoms with Gasteiger partial charge >= 0.3 is 0 Å². The van der Waals surface area contributed by atoms with Crippen LogP contribution in [-0.4, -0.2) is 7.11 Å². The highest BCUT2D eigenvalue weighted by Gasteiger charge is 2.12. The van der Waals surface area contributed by atoms with Gasteiger partial charge < -0.3 is 4.74 Å². The van der Waals surface area contributed by atoms with Crippen LogP contribution in [0.2, 0.25) is 0 Å². The Morgan fingerprint density at radius 3 is 1.88 bits per heavy atom. The average molecular weight is 452 g/mol. The van der Waals surface area contributed by atoms with E-state index < -0.39 is 17.5 Å². The van der Waals surface area contributed by atoms with Crippen LogP contribution in [-0.2, 0) is 37.0 Å². The van der Waals surface area contributed by atoms with Crippen molar-refractivity contribution in [2.75, 3.05) is 7.11 Å². The zero-order chi connectivity index (χ0) is 23.4. The predicted octanol–water partition coefficient (Wildman–Crippen LogP) is 7.11. The molecular formula is C28H24F4O. The second-order valence-electron chi connectivity index (χ2n) is 8.22. The number of methoxy groups -OCH3 is 1. The molecule has 0 aliphatic heterocycles. The minimum atomic E-state index is -1.49. The molecule has 33 heavy (non-hydrogen) atoms. The molecule has 5 heteroatoms. The number of fused-ring (bicyclic) bond motifs is 1. The molecule has 0 atom stereocenters. The number of hydrogen-bond donors (Lipinski definition) is 0. The first-order chi connectivity index (χ1) is 15.9. The van der Waals surface area contributed by atoms with Crippen LogP contribution in [0.5, 0.6) is 0 Å². The predicted molar refractivity (Wildman–Crippen MR) is 122 cm³/mol. The van der Waals surface area contributed by atoms with Gasteiger partial charge in [0.1, 0.15) is 5.82 Å². The minimum absolute atomic E-state index is 0.206. The smallest absolute Gasteiger partial charge is 0.194 e. The van der Waals surface area contributed by atoms with Gasteiger partial charge in [0, 0.05) is 12.5 Å². The summed E-state index contributed by atoms with van der Waals surface area (Å²) in [5.74, 6) is -4.30. The first-order valence-electron chi connectivity index (χ1n) is 10.8. The lowest BCUT2D eigenvalue weighted by molar-refractivity contribution is 0.185. The quantitative estimate of drug-likeness (QED) is 0.204. The summed E-state index contributed by atoms with van der Waals surface area (Å²) in [6.45, 7) is 0.593. The maximum atomic E-state index is 15.1. The van der Waals surface area contributed by atoms with E-state index in [1.54, 1.807) is 19.2 Å². The normalized spacial score (nSPS) is 11.3. The second kappa shape index (κ2) is 10.2. The number of halogens is 4. The lowest BCUT2D eigenvalue weighted by Crippen LogP contribution is -1.99. The Labute approximate surface area is 190 Å². The lowest BCUT2D eigenvalue weighted by atomic mass is 9.97. The number of ether oxygens (including phenoxy) is 1. The van der Waals surface area contributed by atoms with Crippen molar-refractivity contribution in [1.29, 1.82) is 0 Å². The van der Waals surface area contributed by atoms with Crippen LogP contribution in [0, 0.1) is 23.3 Å². The van der Waals surface area contributed by atoms with Crippen molar-refractivity contribution in [1.82, 2.24) is 0 Å². The van der Waals surface area contributed by atoms with Crippen LogP contribution in [0.3, 0.4) is 0 Å². The summed E-state index contributed by atoms with van der Waals surface area (Å²) < 4.78 is 60.2. The van der Waals surface area contributed by atoms with Crippen LogP contribution in [0.25, 0.3) is 10.8 Å². The minimum Gasteiger partial charge on any atom is -0.380 e. The molecule has 0 spiro atoms. The molecule has 0 fully saturated rings. The SMILES string of the molecule is COCc1ccc(CCc2ccc3c(F)c(CCc4cc(F)c(F)c(F)c4)ccc3c2)cc1. The maximum Gasteiger partial charge on any atom is 0.194 e. The van der Waals surface area contributed by atoms with E-state index in [2.05, 4.69) is 24.3 Å². The summed E-state index contributed by atoms with van der Waals surface area (Å²) in [7, 11) is 1.67. The summed E-state index contributed by atoms with van der Waals surface area (Å²) in [6, 6.07) is 19.5. The van der Waals surface area contributed by atoms with Crippen molar-refractivity contribution in [3.63, 3.8) is 0 Å². The number of hydrogen-bond acceptors (Lipinski definition) is 1. The monoisotopic (exact) mass is 452 g/mol. The standard InChI is InChI=1S/C28H24F4O/c1-33-17-20-6-3-18(4-7-20)2-5-19-9-13-24-23(14-19)12-11-22(27(24)31)10-8-21-15-25(29)28(32)26(30)16-21/h3-4,6-7,9,11-16H,2,5,8,10,17H2,1H3. The molecule has 4 aromatic carbocycles. The molecule has 4 aromatic rings. The summed E-state index contributed by atoms with van der Waals surface area (Å²) in [5, 5.41) is 1.32. The third-order valence-corrected chi connectivity index (χ3v) is 5.86. The molecule has 0 aliphatic rings. The maximum absolute atomic E-state index is 15.1. The van der Waals surface area contributed by atoms with Crippen molar-refractivity contribution < 1.29 is 22.3 Å².